The molecule has 7 heteroatoms. The fourth-order valence-electron chi connectivity index (χ4n) is 1.47. The van der Waals surface area contributed by atoms with Crippen molar-refractivity contribution in [2.24, 2.45) is 0 Å². The van der Waals surface area contributed by atoms with Crippen LogP contribution in [0.2, 0.25) is 0 Å². The molecule has 1 unspecified atom stereocenters. The smallest absolute Gasteiger partial charge is 0.408 e. The van der Waals surface area contributed by atoms with E-state index in [9.17, 15) is 19.6 Å². The molecule has 1 N–H and O–H groups in total. The molecule has 0 saturated heterocycles. The van der Waals surface area contributed by atoms with Crippen LogP contribution < -0.4 is 9.83 Å². The van der Waals surface area contributed by atoms with E-state index in [0.29, 0.717) is 0 Å². The van der Waals surface area contributed by atoms with Crippen molar-refractivity contribution in [2.75, 3.05) is 0 Å². The van der Waals surface area contributed by atoms with Crippen LogP contribution in [0, 0.1) is 10.1 Å². The van der Waals surface area contributed by atoms with Gasteiger partial charge in [0, 0.05) is 6.07 Å². The molecule has 19 heavy (non-hydrogen) atoms. The topological polar surface area (TPSA) is 89.7 Å². The molecule has 0 aliphatic heterocycles. The summed E-state index contributed by atoms with van der Waals surface area (Å²) in [5.74, 6) is -0.0242. The Morgan fingerprint density at radius 1 is 1.11 bits per heavy atom. The van der Waals surface area contributed by atoms with Crippen molar-refractivity contribution in [3.63, 3.8) is 0 Å². The quantitative estimate of drug-likeness (QED) is 0.527. The molecule has 6 nitrogen and oxygen atoms in total. The van der Waals surface area contributed by atoms with Crippen LogP contribution in [0.15, 0.2) is 54.6 Å². The van der Waals surface area contributed by atoms with E-state index in [2.05, 4.69) is 0 Å². The first-order valence-electron chi connectivity index (χ1n) is 5.31. The van der Waals surface area contributed by atoms with Gasteiger partial charge in [0.1, 0.15) is 5.75 Å². The summed E-state index contributed by atoms with van der Waals surface area (Å²) in [6, 6.07) is 13.0. The molecule has 0 fully saturated rings. The second kappa shape index (κ2) is 5.22. The van der Waals surface area contributed by atoms with E-state index in [1.807, 2.05) is 0 Å². The van der Waals surface area contributed by atoms with Gasteiger partial charge in [0.2, 0.25) is 0 Å². The molecule has 2 rings (SSSR count). The van der Waals surface area contributed by atoms with Crippen molar-refractivity contribution < 1.29 is 18.9 Å². The lowest BCUT2D eigenvalue weighted by Crippen LogP contribution is -2.08. The Kier molecular flexibility index (Phi) is 3.64. The third kappa shape index (κ3) is 3.19. The lowest BCUT2D eigenvalue weighted by molar-refractivity contribution is -0.384. The van der Waals surface area contributed by atoms with Gasteiger partial charge in [0.15, 0.2) is 0 Å². The largest absolute Gasteiger partial charge is 0.421 e. The molecular formula is C12H10NO5P. The average Bonchev–Trinajstić information content (AvgIpc) is 2.39. The van der Waals surface area contributed by atoms with Gasteiger partial charge in [-0.3, -0.25) is 10.1 Å². The molecule has 0 amide bonds. The van der Waals surface area contributed by atoms with Crippen molar-refractivity contribution in [3.05, 3.63) is 64.7 Å². The standard InChI is InChI=1S/C12H10NO5P/c14-13(15)10-5-4-6-11(9-10)18-19(16,17)12-7-2-1-3-8-12/h1-9H,(H,16,17). The van der Waals surface area contributed by atoms with Gasteiger partial charge in [-0.2, -0.15) is 0 Å². The molecule has 98 valence electrons. The van der Waals surface area contributed by atoms with Crippen molar-refractivity contribution >= 4 is 18.6 Å². The summed E-state index contributed by atoms with van der Waals surface area (Å²) in [7, 11) is -4.04. The highest BCUT2D eigenvalue weighted by atomic mass is 31.2. The van der Waals surface area contributed by atoms with Crippen LogP contribution in [0.25, 0.3) is 0 Å². The second-order valence-corrected chi connectivity index (χ2v) is 5.44. The Bertz CT molecular complexity index is 644. The Morgan fingerprint density at radius 3 is 2.42 bits per heavy atom. The molecule has 1 atom stereocenters. The van der Waals surface area contributed by atoms with Crippen molar-refractivity contribution in [1.82, 2.24) is 0 Å². The summed E-state index contributed by atoms with van der Waals surface area (Å²) >= 11 is 0. The predicted molar refractivity (Wildman–Crippen MR) is 69.6 cm³/mol. The molecule has 0 aliphatic rings. The minimum Gasteiger partial charge on any atom is -0.421 e. The number of benzene rings is 2. The van der Waals surface area contributed by atoms with Crippen molar-refractivity contribution in [1.29, 1.82) is 0 Å². The highest BCUT2D eigenvalue weighted by molar-refractivity contribution is 7.61. The molecule has 0 radical (unpaired) electrons. The molecule has 0 aliphatic carbocycles. The van der Waals surface area contributed by atoms with E-state index in [0.717, 1.165) is 6.07 Å². The van der Waals surface area contributed by atoms with E-state index in [4.69, 9.17) is 4.52 Å². The van der Waals surface area contributed by atoms with Crippen LogP contribution in [0.4, 0.5) is 5.69 Å². The van der Waals surface area contributed by atoms with Gasteiger partial charge in [-0.1, -0.05) is 24.3 Å². The third-order valence-corrected chi connectivity index (χ3v) is 3.75. The van der Waals surface area contributed by atoms with Gasteiger partial charge >= 0.3 is 7.60 Å². The Hall–Kier alpha value is -2.17. The Labute approximate surface area is 109 Å². The zero-order valence-corrected chi connectivity index (χ0v) is 10.6. The van der Waals surface area contributed by atoms with Gasteiger partial charge in [0.25, 0.3) is 5.69 Å². The number of nitro groups is 1. The maximum Gasteiger partial charge on any atom is 0.408 e. The van der Waals surface area contributed by atoms with Crippen molar-refractivity contribution in [2.45, 2.75) is 0 Å². The monoisotopic (exact) mass is 279 g/mol. The molecule has 2 aromatic rings. The van der Waals surface area contributed by atoms with E-state index in [-0.39, 0.29) is 16.7 Å². The number of rotatable bonds is 4. The lowest BCUT2D eigenvalue weighted by Gasteiger charge is -2.13. The number of nitrogens with zero attached hydrogens (tertiary/aromatic N) is 1. The zero-order valence-electron chi connectivity index (χ0n) is 9.67. The lowest BCUT2D eigenvalue weighted by atomic mass is 10.3. The van der Waals surface area contributed by atoms with Gasteiger partial charge in [-0.15, -0.1) is 0 Å². The maximum absolute atomic E-state index is 12.0. The summed E-state index contributed by atoms with van der Waals surface area (Å²) in [4.78, 5) is 19.8. The predicted octanol–water partition coefficient (Wildman–Crippen LogP) is 2.48. The van der Waals surface area contributed by atoms with Gasteiger partial charge < -0.3 is 9.42 Å². The summed E-state index contributed by atoms with van der Waals surface area (Å²) in [5, 5.41) is 10.7. The molecule has 0 saturated carbocycles. The number of nitro benzene ring substituents is 1. The number of non-ortho nitro benzene ring substituents is 1. The Morgan fingerprint density at radius 2 is 1.79 bits per heavy atom. The molecule has 0 spiro atoms. The number of hydrogen-bond donors (Lipinski definition) is 1. The van der Waals surface area contributed by atoms with E-state index in [1.165, 1.54) is 30.3 Å². The van der Waals surface area contributed by atoms with E-state index < -0.39 is 12.5 Å². The van der Waals surface area contributed by atoms with Crippen LogP contribution in [0.3, 0.4) is 0 Å². The fraction of sp³-hybridized carbons (Fsp3) is 0. The van der Waals surface area contributed by atoms with Crippen LogP contribution in [-0.2, 0) is 4.57 Å². The summed E-state index contributed by atoms with van der Waals surface area (Å²) in [6.45, 7) is 0. The van der Waals surface area contributed by atoms with Crippen LogP contribution in [-0.4, -0.2) is 9.82 Å². The first-order chi connectivity index (χ1) is 8.99. The minimum atomic E-state index is -4.04. The first-order valence-corrected chi connectivity index (χ1v) is 6.89. The van der Waals surface area contributed by atoms with Crippen LogP contribution in [0.5, 0.6) is 5.75 Å². The molecule has 0 heterocycles. The highest BCUT2D eigenvalue weighted by Gasteiger charge is 2.24. The normalized spacial score (nSPS) is 13.5. The Balaban J connectivity index is 2.28. The minimum absolute atomic E-state index is 0.0242. The number of hydrogen-bond acceptors (Lipinski definition) is 4. The van der Waals surface area contributed by atoms with E-state index >= 15 is 0 Å². The first kappa shape index (κ1) is 13.3. The fourth-order valence-corrected chi connectivity index (χ4v) is 2.52. The molecule has 2 aromatic carbocycles. The molecule has 0 aromatic heterocycles. The van der Waals surface area contributed by atoms with Gasteiger partial charge in [-0.25, -0.2) is 4.57 Å². The van der Waals surface area contributed by atoms with Gasteiger partial charge in [0.05, 0.1) is 16.3 Å². The van der Waals surface area contributed by atoms with Gasteiger partial charge in [-0.05, 0) is 18.2 Å². The van der Waals surface area contributed by atoms with Crippen LogP contribution >= 0.6 is 7.60 Å². The maximum atomic E-state index is 12.0. The average molecular weight is 279 g/mol. The van der Waals surface area contributed by atoms with Crippen molar-refractivity contribution in [3.8, 4) is 5.75 Å². The summed E-state index contributed by atoms with van der Waals surface area (Å²) in [6.07, 6.45) is 0. The summed E-state index contributed by atoms with van der Waals surface area (Å²) < 4.78 is 17.0. The molecule has 0 bridgehead atoms. The molecular weight excluding hydrogens is 269 g/mol. The third-order valence-electron chi connectivity index (χ3n) is 2.34. The summed E-state index contributed by atoms with van der Waals surface area (Å²) in [5.41, 5.74) is -0.203. The van der Waals surface area contributed by atoms with Crippen LogP contribution in [0.1, 0.15) is 0 Å². The van der Waals surface area contributed by atoms with E-state index in [1.54, 1.807) is 18.2 Å². The second-order valence-electron chi connectivity index (χ2n) is 3.70. The SMILES string of the molecule is O=[N+]([O-])c1cccc(OP(=O)(O)c2ccccc2)c1. The zero-order chi connectivity index (χ0) is 13.9. The highest BCUT2D eigenvalue weighted by Crippen LogP contribution is 2.41.